The van der Waals surface area contributed by atoms with Crippen LogP contribution in [0.2, 0.25) is 0 Å². The first kappa shape index (κ1) is 13.9. The molecule has 0 aliphatic heterocycles. The van der Waals surface area contributed by atoms with Gasteiger partial charge in [0.25, 0.3) is 0 Å². The van der Waals surface area contributed by atoms with E-state index < -0.39 is 10.0 Å². The van der Waals surface area contributed by atoms with Crippen LogP contribution in [0.3, 0.4) is 0 Å². The third-order valence-corrected chi connectivity index (χ3v) is 4.73. The van der Waals surface area contributed by atoms with Crippen molar-refractivity contribution in [1.29, 1.82) is 0 Å². The molecule has 0 aromatic rings. The van der Waals surface area contributed by atoms with Gasteiger partial charge in [0.15, 0.2) is 0 Å². The number of hydrogen-bond acceptors (Lipinski definition) is 3. The Morgan fingerprint density at radius 2 is 2.00 bits per heavy atom. The molecular formula is C11H23NO3S. The number of aliphatic hydroxyl groups is 1. The van der Waals surface area contributed by atoms with Crippen LogP contribution in [-0.2, 0) is 10.0 Å². The summed E-state index contributed by atoms with van der Waals surface area (Å²) in [5.41, 5.74) is -0.179. The van der Waals surface area contributed by atoms with Gasteiger partial charge in [-0.2, -0.15) is 0 Å². The lowest BCUT2D eigenvalue weighted by Crippen LogP contribution is -2.38. The molecule has 1 fully saturated rings. The lowest BCUT2D eigenvalue weighted by Gasteiger charge is -2.27. The molecule has 2 N–H and O–H groups in total. The van der Waals surface area contributed by atoms with Gasteiger partial charge in [-0.15, -0.1) is 0 Å². The number of hydrogen-bond donors (Lipinski definition) is 2. The van der Waals surface area contributed by atoms with Gasteiger partial charge in [-0.3, -0.25) is 0 Å². The summed E-state index contributed by atoms with van der Waals surface area (Å²) in [5.74, 6) is 0.626. The maximum Gasteiger partial charge on any atom is 0.211 e. The second-order valence-corrected chi connectivity index (χ2v) is 7.39. The number of rotatable bonds is 7. The van der Waals surface area contributed by atoms with Crippen molar-refractivity contribution in [1.82, 2.24) is 4.72 Å². The molecule has 96 valence electrons. The van der Waals surface area contributed by atoms with E-state index in [0.29, 0.717) is 18.9 Å². The van der Waals surface area contributed by atoms with Crippen LogP contribution in [0.5, 0.6) is 0 Å². The number of aliphatic hydroxyl groups excluding tert-OH is 1. The Labute approximate surface area is 98.5 Å². The smallest absolute Gasteiger partial charge is 0.211 e. The van der Waals surface area contributed by atoms with Crippen LogP contribution in [0.15, 0.2) is 0 Å². The predicted molar refractivity (Wildman–Crippen MR) is 64.6 cm³/mol. The van der Waals surface area contributed by atoms with Gasteiger partial charge >= 0.3 is 0 Å². The van der Waals surface area contributed by atoms with E-state index in [2.05, 4.69) is 4.72 Å². The second kappa shape index (κ2) is 5.47. The third kappa shape index (κ3) is 4.80. The largest absolute Gasteiger partial charge is 0.396 e. The molecule has 5 heteroatoms. The first-order valence-electron chi connectivity index (χ1n) is 5.93. The van der Waals surface area contributed by atoms with E-state index in [1.54, 1.807) is 0 Å². The molecule has 0 amide bonds. The minimum atomic E-state index is -3.12. The fourth-order valence-corrected chi connectivity index (χ4v) is 3.41. The van der Waals surface area contributed by atoms with Crippen molar-refractivity contribution in [3.05, 3.63) is 0 Å². The zero-order valence-electron chi connectivity index (χ0n) is 10.2. The van der Waals surface area contributed by atoms with Gasteiger partial charge in [-0.05, 0) is 30.6 Å². The second-order valence-electron chi connectivity index (χ2n) is 5.54. The Balaban J connectivity index is 2.34. The van der Waals surface area contributed by atoms with Crippen LogP contribution >= 0.6 is 0 Å². The van der Waals surface area contributed by atoms with Crippen LogP contribution in [-0.4, -0.2) is 32.4 Å². The van der Waals surface area contributed by atoms with E-state index in [1.165, 1.54) is 0 Å². The molecule has 0 radical (unpaired) electrons. The molecule has 0 heterocycles. The molecule has 0 unspecified atom stereocenters. The molecule has 0 saturated heterocycles. The lowest BCUT2D eigenvalue weighted by molar-refractivity contribution is 0.213. The highest BCUT2D eigenvalue weighted by molar-refractivity contribution is 7.89. The fraction of sp³-hybridized carbons (Fsp3) is 1.00. The molecular weight excluding hydrogens is 226 g/mol. The molecule has 1 aliphatic rings. The molecule has 0 aromatic carbocycles. The van der Waals surface area contributed by atoms with Crippen molar-refractivity contribution in [3.8, 4) is 0 Å². The normalized spacial score (nSPS) is 18.4. The molecule has 16 heavy (non-hydrogen) atoms. The van der Waals surface area contributed by atoms with Gasteiger partial charge in [0, 0.05) is 13.2 Å². The highest BCUT2D eigenvalue weighted by Crippen LogP contribution is 2.27. The van der Waals surface area contributed by atoms with Crippen molar-refractivity contribution in [2.75, 3.05) is 18.9 Å². The topological polar surface area (TPSA) is 66.4 Å². The molecule has 4 nitrogen and oxygen atoms in total. The zero-order chi connectivity index (χ0) is 12.2. The molecule has 0 bridgehead atoms. The highest BCUT2D eigenvalue weighted by atomic mass is 32.2. The molecule has 0 aromatic heterocycles. The average molecular weight is 249 g/mol. The van der Waals surface area contributed by atoms with Gasteiger partial charge in [0.2, 0.25) is 10.0 Å². The average Bonchev–Trinajstić information content (AvgIpc) is 2.09. The van der Waals surface area contributed by atoms with E-state index in [-0.39, 0.29) is 17.8 Å². The fourth-order valence-electron chi connectivity index (χ4n) is 1.73. The van der Waals surface area contributed by atoms with E-state index in [1.807, 2.05) is 13.8 Å². The SMILES string of the molecule is CC(C)(CCO)CNS(=O)(=O)CC1CCC1. The Hall–Kier alpha value is -0.130. The van der Waals surface area contributed by atoms with Crippen molar-refractivity contribution >= 4 is 10.0 Å². The van der Waals surface area contributed by atoms with E-state index in [9.17, 15) is 8.42 Å². The van der Waals surface area contributed by atoms with Crippen LogP contribution in [0, 0.1) is 11.3 Å². The molecule has 1 aliphatic carbocycles. The summed E-state index contributed by atoms with van der Waals surface area (Å²) in [6.07, 6.45) is 3.86. The summed E-state index contributed by atoms with van der Waals surface area (Å²) < 4.78 is 26.1. The third-order valence-electron chi connectivity index (χ3n) is 3.24. The standard InChI is InChI=1S/C11H23NO3S/c1-11(2,6-7-13)9-12-16(14,15)8-10-4-3-5-10/h10,12-13H,3-9H2,1-2H3. The molecule has 1 saturated carbocycles. The van der Waals surface area contributed by atoms with Crippen LogP contribution < -0.4 is 4.72 Å². The zero-order valence-corrected chi connectivity index (χ0v) is 11.0. The van der Waals surface area contributed by atoms with Gasteiger partial charge in [-0.1, -0.05) is 20.3 Å². The van der Waals surface area contributed by atoms with E-state index in [4.69, 9.17) is 5.11 Å². The number of nitrogens with one attached hydrogen (secondary N) is 1. The van der Waals surface area contributed by atoms with Gasteiger partial charge in [0.05, 0.1) is 5.75 Å². The van der Waals surface area contributed by atoms with Gasteiger partial charge < -0.3 is 5.11 Å². The summed E-state index contributed by atoms with van der Waals surface area (Å²) in [7, 11) is -3.12. The Morgan fingerprint density at radius 3 is 2.44 bits per heavy atom. The number of sulfonamides is 1. The Kier molecular flexibility index (Phi) is 4.76. The lowest BCUT2D eigenvalue weighted by atomic mass is 9.87. The maximum atomic E-state index is 11.7. The van der Waals surface area contributed by atoms with E-state index >= 15 is 0 Å². The van der Waals surface area contributed by atoms with Crippen molar-refractivity contribution < 1.29 is 13.5 Å². The quantitative estimate of drug-likeness (QED) is 0.710. The van der Waals surface area contributed by atoms with Gasteiger partial charge in [0.1, 0.15) is 0 Å². The molecule has 0 spiro atoms. The summed E-state index contributed by atoms with van der Waals surface area (Å²) in [4.78, 5) is 0. The summed E-state index contributed by atoms with van der Waals surface area (Å²) in [6.45, 7) is 4.41. The Morgan fingerprint density at radius 1 is 1.38 bits per heavy atom. The first-order valence-corrected chi connectivity index (χ1v) is 7.58. The van der Waals surface area contributed by atoms with Crippen molar-refractivity contribution in [2.45, 2.75) is 39.5 Å². The monoisotopic (exact) mass is 249 g/mol. The van der Waals surface area contributed by atoms with E-state index in [0.717, 1.165) is 19.3 Å². The first-order chi connectivity index (χ1) is 7.35. The summed E-state index contributed by atoms with van der Waals surface area (Å²) >= 11 is 0. The van der Waals surface area contributed by atoms with Gasteiger partial charge in [-0.25, -0.2) is 13.1 Å². The van der Waals surface area contributed by atoms with Crippen LogP contribution in [0.25, 0.3) is 0 Å². The molecule has 0 atom stereocenters. The van der Waals surface area contributed by atoms with Crippen LogP contribution in [0.4, 0.5) is 0 Å². The summed E-state index contributed by atoms with van der Waals surface area (Å²) in [6, 6.07) is 0. The van der Waals surface area contributed by atoms with Crippen LogP contribution in [0.1, 0.15) is 39.5 Å². The predicted octanol–water partition coefficient (Wildman–Crippen LogP) is 1.11. The van der Waals surface area contributed by atoms with Crippen molar-refractivity contribution in [2.24, 2.45) is 11.3 Å². The minimum Gasteiger partial charge on any atom is -0.396 e. The summed E-state index contributed by atoms with van der Waals surface area (Å²) in [5, 5.41) is 8.85. The molecule has 1 rings (SSSR count). The maximum absolute atomic E-state index is 11.7. The van der Waals surface area contributed by atoms with Crippen molar-refractivity contribution in [3.63, 3.8) is 0 Å². The Bertz CT molecular complexity index is 307. The highest BCUT2D eigenvalue weighted by Gasteiger charge is 2.26. The minimum absolute atomic E-state index is 0.0946.